The molecule has 0 aromatic heterocycles. The first-order valence-corrected chi connectivity index (χ1v) is 15.9. The van der Waals surface area contributed by atoms with E-state index in [1.54, 1.807) is 36.4 Å². The van der Waals surface area contributed by atoms with Crippen molar-refractivity contribution in [3.05, 3.63) is 95.6 Å². The Hall–Kier alpha value is -3.87. The van der Waals surface area contributed by atoms with Crippen LogP contribution in [0.4, 0.5) is 19.3 Å². The van der Waals surface area contributed by atoms with Gasteiger partial charge >= 0.3 is 6.09 Å². The van der Waals surface area contributed by atoms with Gasteiger partial charge in [0.2, 0.25) is 10.0 Å². The van der Waals surface area contributed by atoms with Crippen molar-refractivity contribution in [3.8, 4) is 0 Å². The number of nitrogens with zero attached hydrogens (tertiary/aromatic N) is 2. The van der Waals surface area contributed by atoms with E-state index >= 15 is 0 Å². The Morgan fingerprint density at radius 2 is 1.77 bits per heavy atom. The standard InChI is InChI=1S/C32H37F2N3O6S/c1-4-21(2)18-36(44(41,42)25-13-10-22(3)11-14-25)19-29(38)27(16-23-8-6-5-7-9-23)35-31(39)30-20-37(32(40)43-30)28-15-12-24(33)17-26(28)34/h5-15,17,21,27,29-30,38H,4,16,18-20H2,1-3H3,(H,35,39)/t21-,27-,29+,30-/m0/s1. The monoisotopic (exact) mass is 629 g/mol. The second-order valence-electron chi connectivity index (χ2n) is 11.1. The molecule has 0 saturated carbocycles. The highest BCUT2D eigenvalue weighted by molar-refractivity contribution is 7.89. The lowest BCUT2D eigenvalue weighted by Gasteiger charge is -2.31. The predicted octanol–water partition coefficient (Wildman–Crippen LogP) is 4.42. The Kier molecular flexibility index (Phi) is 10.7. The quantitative estimate of drug-likeness (QED) is 0.289. The van der Waals surface area contributed by atoms with Crippen molar-refractivity contribution in [3.63, 3.8) is 0 Å². The number of hydrogen-bond acceptors (Lipinski definition) is 6. The third-order valence-corrected chi connectivity index (χ3v) is 9.50. The Morgan fingerprint density at radius 1 is 1.09 bits per heavy atom. The number of sulfonamides is 1. The van der Waals surface area contributed by atoms with Gasteiger partial charge in [-0.2, -0.15) is 4.31 Å². The molecule has 0 bridgehead atoms. The summed E-state index contributed by atoms with van der Waals surface area (Å²) in [5.41, 5.74) is 1.43. The van der Waals surface area contributed by atoms with Gasteiger partial charge in [0, 0.05) is 19.2 Å². The molecule has 44 heavy (non-hydrogen) atoms. The molecule has 0 radical (unpaired) electrons. The predicted molar refractivity (Wildman–Crippen MR) is 161 cm³/mol. The van der Waals surface area contributed by atoms with Crippen LogP contribution in [0, 0.1) is 24.5 Å². The Labute approximate surface area is 256 Å². The summed E-state index contributed by atoms with van der Waals surface area (Å²) in [6, 6.07) is 17.2. The van der Waals surface area contributed by atoms with Crippen LogP contribution in [-0.4, -0.2) is 67.7 Å². The number of benzene rings is 3. The van der Waals surface area contributed by atoms with E-state index in [1.807, 2.05) is 26.8 Å². The molecule has 4 rings (SSSR count). The number of rotatable bonds is 13. The summed E-state index contributed by atoms with van der Waals surface area (Å²) >= 11 is 0. The van der Waals surface area contributed by atoms with Crippen LogP contribution in [0.25, 0.3) is 0 Å². The molecule has 2 N–H and O–H groups in total. The number of carbonyl (C=O) groups is 2. The number of nitrogens with one attached hydrogen (secondary N) is 1. The number of anilines is 1. The maximum atomic E-state index is 14.4. The molecule has 0 unspecified atom stereocenters. The first-order valence-electron chi connectivity index (χ1n) is 14.4. The molecular formula is C32H37F2N3O6S. The molecule has 3 aromatic carbocycles. The van der Waals surface area contributed by atoms with Gasteiger partial charge in [0.05, 0.1) is 29.3 Å². The minimum Gasteiger partial charge on any atom is -0.434 e. The maximum absolute atomic E-state index is 14.4. The molecule has 0 aliphatic carbocycles. The number of hydrogen-bond donors (Lipinski definition) is 2. The summed E-state index contributed by atoms with van der Waals surface area (Å²) in [6.07, 6.45) is -2.85. The summed E-state index contributed by atoms with van der Waals surface area (Å²) in [4.78, 5) is 26.9. The molecule has 0 spiro atoms. The van der Waals surface area contributed by atoms with E-state index in [1.165, 1.54) is 16.4 Å². The molecular weight excluding hydrogens is 592 g/mol. The minimum absolute atomic E-state index is 0.0136. The third kappa shape index (κ3) is 7.99. The van der Waals surface area contributed by atoms with Gasteiger partial charge in [0.1, 0.15) is 11.6 Å². The molecule has 1 fully saturated rings. The van der Waals surface area contributed by atoms with Crippen molar-refractivity contribution in [2.75, 3.05) is 24.5 Å². The topological polar surface area (TPSA) is 116 Å². The largest absolute Gasteiger partial charge is 0.434 e. The average Bonchev–Trinajstić information content (AvgIpc) is 3.38. The summed E-state index contributed by atoms with van der Waals surface area (Å²) < 4.78 is 61.6. The van der Waals surface area contributed by atoms with Crippen molar-refractivity contribution in [1.82, 2.24) is 9.62 Å². The lowest BCUT2D eigenvalue weighted by atomic mass is 10.0. The van der Waals surface area contributed by atoms with E-state index in [-0.39, 0.29) is 42.6 Å². The van der Waals surface area contributed by atoms with Crippen LogP contribution in [0.15, 0.2) is 77.7 Å². The lowest BCUT2D eigenvalue weighted by molar-refractivity contribution is -0.129. The zero-order valence-corrected chi connectivity index (χ0v) is 25.6. The second-order valence-corrected chi connectivity index (χ2v) is 13.0. The number of aryl methyl sites for hydroxylation is 1. The Balaban J connectivity index is 1.56. The first-order chi connectivity index (χ1) is 20.9. The van der Waals surface area contributed by atoms with Crippen LogP contribution in [-0.2, 0) is 26.0 Å². The Morgan fingerprint density at radius 3 is 2.41 bits per heavy atom. The minimum atomic E-state index is -4.00. The molecule has 1 heterocycles. The number of ether oxygens (including phenoxy) is 1. The Bertz CT molecular complexity index is 1560. The fourth-order valence-electron chi connectivity index (χ4n) is 4.87. The summed E-state index contributed by atoms with van der Waals surface area (Å²) in [5, 5.41) is 14.2. The van der Waals surface area contributed by atoms with Gasteiger partial charge in [-0.1, -0.05) is 68.3 Å². The van der Waals surface area contributed by atoms with Crippen molar-refractivity contribution >= 4 is 27.7 Å². The lowest BCUT2D eigenvalue weighted by Crippen LogP contribution is -2.53. The highest BCUT2D eigenvalue weighted by Gasteiger charge is 2.40. The first kappa shape index (κ1) is 33.0. The van der Waals surface area contributed by atoms with Gasteiger partial charge in [0.15, 0.2) is 6.10 Å². The highest BCUT2D eigenvalue weighted by Crippen LogP contribution is 2.26. The smallest absolute Gasteiger partial charge is 0.415 e. The van der Waals surface area contributed by atoms with Gasteiger partial charge in [-0.15, -0.1) is 0 Å². The van der Waals surface area contributed by atoms with E-state index in [2.05, 4.69) is 5.32 Å². The zero-order chi connectivity index (χ0) is 32.0. The molecule has 2 amide bonds. The fraction of sp³-hybridized carbons (Fsp3) is 0.375. The summed E-state index contributed by atoms with van der Waals surface area (Å²) in [7, 11) is -4.00. The van der Waals surface area contributed by atoms with Gasteiger partial charge < -0.3 is 15.2 Å². The maximum Gasteiger partial charge on any atom is 0.415 e. The molecule has 236 valence electrons. The van der Waals surface area contributed by atoms with E-state index in [4.69, 9.17) is 4.74 Å². The van der Waals surface area contributed by atoms with Crippen molar-refractivity contribution in [2.45, 2.75) is 56.8 Å². The summed E-state index contributed by atoms with van der Waals surface area (Å²) in [6.45, 7) is 5.20. The van der Waals surface area contributed by atoms with Crippen molar-refractivity contribution in [1.29, 1.82) is 0 Å². The molecule has 1 aliphatic rings. The number of amides is 2. The second kappa shape index (κ2) is 14.3. The molecule has 1 aliphatic heterocycles. The zero-order valence-electron chi connectivity index (χ0n) is 24.8. The summed E-state index contributed by atoms with van der Waals surface area (Å²) in [5.74, 6) is -2.58. The molecule has 9 nitrogen and oxygen atoms in total. The number of halogens is 2. The third-order valence-electron chi connectivity index (χ3n) is 7.66. The van der Waals surface area contributed by atoms with Crippen LogP contribution in [0.5, 0.6) is 0 Å². The van der Waals surface area contributed by atoms with Gasteiger partial charge in [-0.25, -0.2) is 22.0 Å². The molecule has 3 aromatic rings. The van der Waals surface area contributed by atoms with Gasteiger partial charge in [0.25, 0.3) is 5.91 Å². The fourth-order valence-corrected chi connectivity index (χ4v) is 6.44. The van der Waals surface area contributed by atoms with Crippen LogP contribution >= 0.6 is 0 Å². The normalized spacial score (nSPS) is 17.3. The molecule has 1 saturated heterocycles. The van der Waals surface area contributed by atoms with Gasteiger partial charge in [-0.3, -0.25) is 9.69 Å². The number of aliphatic hydroxyl groups is 1. The average molecular weight is 630 g/mol. The molecule has 4 atom stereocenters. The van der Waals surface area contributed by atoms with Crippen LogP contribution in [0.2, 0.25) is 0 Å². The van der Waals surface area contributed by atoms with E-state index < -0.39 is 51.9 Å². The van der Waals surface area contributed by atoms with Crippen molar-refractivity contribution < 1.29 is 36.6 Å². The van der Waals surface area contributed by atoms with E-state index in [0.717, 1.165) is 28.2 Å². The van der Waals surface area contributed by atoms with Crippen molar-refractivity contribution in [2.24, 2.45) is 5.92 Å². The SMILES string of the molecule is CC[C@H](C)CN(C[C@@H](O)[C@H](Cc1ccccc1)NC(=O)[C@@H]1CN(c2ccc(F)cc2F)C(=O)O1)S(=O)(=O)c1ccc(C)cc1. The number of cyclic esters (lactones) is 1. The number of aliphatic hydroxyl groups excluding tert-OH is 1. The van der Waals surface area contributed by atoms with E-state index in [0.29, 0.717) is 12.5 Å². The van der Waals surface area contributed by atoms with Crippen LogP contribution < -0.4 is 10.2 Å². The number of carbonyl (C=O) groups excluding carboxylic acids is 2. The van der Waals surface area contributed by atoms with Gasteiger partial charge in [-0.05, 0) is 49.1 Å². The highest BCUT2D eigenvalue weighted by atomic mass is 32.2. The van der Waals surface area contributed by atoms with E-state index in [9.17, 15) is 31.9 Å². The van der Waals surface area contributed by atoms with Crippen LogP contribution in [0.1, 0.15) is 31.4 Å². The van der Waals surface area contributed by atoms with Crippen LogP contribution in [0.3, 0.4) is 0 Å². The molecule has 12 heteroatoms.